The molecule has 0 bridgehead atoms. The summed E-state index contributed by atoms with van der Waals surface area (Å²) < 4.78 is 16.3. The number of aromatic nitrogens is 1. The number of hydrogen-bond acceptors (Lipinski definition) is 6. The normalized spacial score (nSPS) is 10.9. The number of nitrogens with one attached hydrogen (secondary N) is 1. The quantitative estimate of drug-likeness (QED) is 0.432. The molecule has 0 spiro atoms. The minimum Gasteiger partial charge on any atom is -0.494 e. The van der Waals surface area contributed by atoms with Crippen LogP contribution in [0.25, 0.3) is 22.3 Å². The predicted molar refractivity (Wildman–Crippen MR) is 118 cm³/mol. The van der Waals surface area contributed by atoms with E-state index in [4.69, 9.17) is 25.3 Å². The molecule has 2 aromatic heterocycles. The van der Waals surface area contributed by atoms with Gasteiger partial charge in [0.15, 0.2) is 10.6 Å². The number of aryl methyl sites for hydroxylation is 1. The van der Waals surface area contributed by atoms with Gasteiger partial charge < -0.3 is 19.0 Å². The minimum absolute atomic E-state index is 0.189. The molecule has 0 saturated heterocycles. The zero-order chi connectivity index (χ0) is 21.8. The molecule has 1 amide bonds. The molecule has 1 N–H and O–H groups in total. The van der Waals surface area contributed by atoms with E-state index in [9.17, 15) is 9.59 Å². The molecule has 0 unspecified atom stereocenters. The number of hydrogen-bond donors (Lipinski definition) is 1. The fourth-order valence-electron chi connectivity index (χ4n) is 3.12. The second-order valence-corrected chi connectivity index (χ2v) is 7.19. The highest BCUT2D eigenvalue weighted by molar-refractivity contribution is 6.29. The van der Waals surface area contributed by atoms with E-state index < -0.39 is 0 Å². The molecule has 158 valence electrons. The molecule has 2 aromatic carbocycles. The highest BCUT2D eigenvalue weighted by Crippen LogP contribution is 2.26. The molecule has 0 saturated carbocycles. The lowest BCUT2D eigenvalue weighted by atomic mass is 10.1. The maximum atomic E-state index is 12.7. The Morgan fingerprint density at radius 2 is 1.94 bits per heavy atom. The van der Waals surface area contributed by atoms with Gasteiger partial charge in [-0.1, -0.05) is 16.8 Å². The summed E-state index contributed by atoms with van der Waals surface area (Å²) in [5.74, 6) is 1.52. The van der Waals surface area contributed by atoms with Crippen molar-refractivity contribution in [2.24, 2.45) is 0 Å². The first kappa shape index (κ1) is 20.7. The maximum Gasteiger partial charge on any atom is 0.224 e. The van der Waals surface area contributed by atoms with E-state index in [1.54, 1.807) is 24.3 Å². The number of benzene rings is 2. The number of rotatable bonds is 7. The Labute approximate surface area is 182 Å². The molecule has 0 fully saturated rings. The van der Waals surface area contributed by atoms with Crippen molar-refractivity contribution < 1.29 is 18.5 Å². The van der Waals surface area contributed by atoms with E-state index in [2.05, 4.69) is 10.5 Å². The molecule has 31 heavy (non-hydrogen) atoms. The van der Waals surface area contributed by atoms with Crippen LogP contribution in [0, 0.1) is 0 Å². The molecule has 0 aliphatic carbocycles. The largest absolute Gasteiger partial charge is 0.494 e. The smallest absolute Gasteiger partial charge is 0.224 e. The van der Waals surface area contributed by atoms with E-state index in [0.717, 1.165) is 11.3 Å². The fraction of sp³-hybridized carbons (Fsp3) is 0.174. The lowest BCUT2D eigenvalue weighted by molar-refractivity contribution is -0.116. The number of ether oxygens (including phenoxy) is 1. The summed E-state index contributed by atoms with van der Waals surface area (Å²) in [5, 5.41) is 6.98. The summed E-state index contributed by atoms with van der Waals surface area (Å²) >= 11 is 5.70. The molecule has 0 atom stereocenters. The maximum absolute atomic E-state index is 12.7. The van der Waals surface area contributed by atoms with Gasteiger partial charge in [-0.05, 0) is 49.4 Å². The van der Waals surface area contributed by atoms with Crippen LogP contribution >= 0.6 is 11.6 Å². The Hall–Kier alpha value is -3.58. The molecule has 0 radical (unpaired) electrons. The Morgan fingerprint density at radius 3 is 2.65 bits per heavy atom. The average molecular weight is 439 g/mol. The van der Waals surface area contributed by atoms with E-state index in [-0.39, 0.29) is 22.9 Å². The molecule has 4 rings (SSSR count). The van der Waals surface area contributed by atoms with Crippen LogP contribution in [-0.2, 0) is 11.2 Å². The van der Waals surface area contributed by atoms with Gasteiger partial charge in [0.2, 0.25) is 5.91 Å². The molecule has 0 aliphatic heterocycles. The number of carbonyl (C=O) groups is 1. The lowest BCUT2D eigenvalue weighted by Crippen LogP contribution is -2.12. The fourth-order valence-corrected chi connectivity index (χ4v) is 3.28. The van der Waals surface area contributed by atoms with Gasteiger partial charge in [0.25, 0.3) is 0 Å². The van der Waals surface area contributed by atoms with Gasteiger partial charge in [-0.25, -0.2) is 0 Å². The molecular weight excluding hydrogens is 420 g/mol. The van der Waals surface area contributed by atoms with Gasteiger partial charge in [-0.2, -0.15) is 0 Å². The number of anilines is 1. The summed E-state index contributed by atoms with van der Waals surface area (Å²) in [4.78, 5) is 24.9. The summed E-state index contributed by atoms with van der Waals surface area (Å²) in [7, 11) is 0. The Bertz CT molecular complexity index is 1280. The van der Waals surface area contributed by atoms with Crippen LogP contribution in [0.3, 0.4) is 0 Å². The topological polar surface area (TPSA) is 94.6 Å². The van der Waals surface area contributed by atoms with E-state index in [1.165, 1.54) is 6.07 Å². The van der Waals surface area contributed by atoms with Crippen molar-refractivity contribution in [1.82, 2.24) is 5.16 Å². The average Bonchev–Trinajstić information content (AvgIpc) is 3.18. The molecular formula is C23H19ClN2O5. The third kappa shape index (κ3) is 4.95. The third-order valence-electron chi connectivity index (χ3n) is 4.59. The number of fused-ring (bicyclic) bond motifs is 1. The van der Waals surface area contributed by atoms with Crippen molar-refractivity contribution in [3.63, 3.8) is 0 Å². The van der Waals surface area contributed by atoms with Crippen LogP contribution in [0.1, 0.15) is 19.1 Å². The van der Waals surface area contributed by atoms with Gasteiger partial charge in [-0.3, -0.25) is 9.59 Å². The number of carbonyl (C=O) groups excluding carboxylic acids is 1. The van der Waals surface area contributed by atoms with Crippen LogP contribution < -0.4 is 15.5 Å². The van der Waals surface area contributed by atoms with Crippen LogP contribution in [0.4, 0.5) is 5.69 Å². The van der Waals surface area contributed by atoms with E-state index in [1.807, 2.05) is 31.2 Å². The monoisotopic (exact) mass is 438 g/mol. The molecule has 8 heteroatoms. The Kier molecular flexibility index (Phi) is 6.04. The van der Waals surface area contributed by atoms with Gasteiger partial charge in [0.1, 0.15) is 22.9 Å². The van der Waals surface area contributed by atoms with Crippen molar-refractivity contribution >= 4 is 34.2 Å². The first-order valence-electron chi connectivity index (χ1n) is 9.74. The van der Waals surface area contributed by atoms with Crippen molar-refractivity contribution in [2.75, 3.05) is 11.9 Å². The molecule has 2 heterocycles. The van der Waals surface area contributed by atoms with Gasteiger partial charge in [-0.15, -0.1) is 0 Å². The van der Waals surface area contributed by atoms with Gasteiger partial charge >= 0.3 is 0 Å². The second-order valence-electron chi connectivity index (χ2n) is 6.81. The summed E-state index contributed by atoms with van der Waals surface area (Å²) in [6.07, 6.45) is 0.557. The first-order chi connectivity index (χ1) is 15.0. The van der Waals surface area contributed by atoms with Crippen LogP contribution in [0.15, 0.2) is 68.3 Å². The summed E-state index contributed by atoms with van der Waals surface area (Å²) in [6.45, 7) is 2.50. The van der Waals surface area contributed by atoms with Crippen molar-refractivity contribution in [2.45, 2.75) is 19.8 Å². The van der Waals surface area contributed by atoms with Gasteiger partial charge in [0, 0.05) is 36.2 Å². The minimum atomic E-state index is -0.220. The highest BCUT2D eigenvalue weighted by atomic mass is 35.5. The SMILES string of the molecule is CCOc1ccc(-c2cc(=O)c3cc(NC(=O)CCc4cc(Cl)no4)ccc3o2)cc1. The second kappa shape index (κ2) is 9.06. The Balaban J connectivity index is 1.50. The summed E-state index contributed by atoms with van der Waals surface area (Å²) in [5.41, 5.74) is 1.52. The standard InChI is InChI=1S/C23H19ClN2O5/c1-2-29-16-6-3-14(4-7-16)21-13-19(27)18-11-15(5-9-20(18)30-21)25-23(28)10-8-17-12-22(24)26-31-17/h3-7,9,11-13H,2,8,10H2,1H3,(H,25,28). The zero-order valence-corrected chi connectivity index (χ0v) is 17.4. The van der Waals surface area contributed by atoms with Crippen LogP contribution in [0.2, 0.25) is 5.15 Å². The number of amides is 1. The zero-order valence-electron chi connectivity index (χ0n) is 16.7. The van der Waals surface area contributed by atoms with E-state index in [0.29, 0.717) is 41.2 Å². The van der Waals surface area contributed by atoms with Crippen molar-refractivity contribution in [3.05, 3.63) is 75.7 Å². The third-order valence-corrected chi connectivity index (χ3v) is 4.77. The predicted octanol–water partition coefficient (Wildman–Crippen LogP) is 5.07. The molecule has 0 aliphatic rings. The molecule has 7 nitrogen and oxygen atoms in total. The van der Waals surface area contributed by atoms with Gasteiger partial charge in [0.05, 0.1) is 12.0 Å². The lowest BCUT2D eigenvalue weighted by Gasteiger charge is -2.08. The number of nitrogens with zero attached hydrogens (tertiary/aromatic N) is 1. The Morgan fingerprint density at radius 1 is 1.13 bits per heavy atom. The number of halogens is 1. The van der Waals surface area contributed by atoms with E-state index >= 15 is 0 Å². The van der Waals surface area contributed by atoms with Crippen molar-refractivity contribution in [1.29, 1.82) is 0 Å². The molecule has 4 aromatic rings. The first-order valence-corrected chi connectivity index (χ1v) is 10.1. The van der Waals surface area contributed by atoms with Crippen LogP contribution in [-0.4, -0.2) is 17.7 Å². The van der Waals surface area contributed by atoms with Crippen molar-refractivity contribution in [3.8, 4) is 17.1 Å². The highest BCUT2D eigenvalue weighted by Gasteiger charge is 2.11. The van der Waals surface area contributed by atoms with Crippen LogP contribution in [0.5, 0.6) is 5.75 Å². The summed E-state index contributed by atoms with van der Waals surface area (Å²) in [6, 6.07) is 15.3.